The fraction of sp³-hybridized carbons (Fsp3) is 0.333. The summed E-state index contributed by atoms with van der Waals surface area (Å²) >= 11 is 4.06. The van der Waals surface area contributed by atoms with Crippen LogP contribution in [0.1, 0.15) is 19.5 Å². The van der Waals surface area contributed by atoms with Crippen molar-refractivity contribution in [3.63, 3.8) is 0 Å². The van der Waals surface area contributed by atoms with Crippen molar-refractivity contribution in [3.8, 4) is 11.4 Å². The molecule has 0 unspecified atom stereocenters. The van der Waals surface area contributed by atoms with Crippen molar-refractivity contribution in [1.29, 1.82) is 0 Å². The van der Waals surface area contributed by atoms with Crippen molar-refractivity contribution in [3.05, 3.63) is 33.5 Å². The van der Waals surface area contributed by atoms with Crippen molar-refractivity contribution in [2.45, 2.75) is 25.2 Å². The lowest BCUT2D eigenvalue weighted by atomic mass is 10.2. The molecule has 1 aromatic heterocycles. The number of benzene rings is 1. The van der Waals surface area contributed by atoms with E-state index in [1.165, 1.54) is 4.90 Å². The van der Waals surface area contributed by atoms with E-state index in [0.29, 0.717) is 0 Å². The predicted molar refractivity (Wildman–Crippen MR) is 95.5 cm³/mol. The standard InChI is InChI=1S/C15H18IN3S/c1-4-12-13(16)15(17-5-2)19-14(18-12)10-6-8-11(20-3)9-7-10/h6-9H,4-5H2,1-3H3,(H,17,18,19). The number of hydrogen-bond donors (Lipinski definition) is 1. The monoisotopic (exact) mass is 399 g/mol. The molecule has 1 N–H and O–H groups in total. The Labute approximate surface area is 138 Å². The number of thioether (sulfide) groups is 1. The van der Waals surface area contributed by atoms with Gasteiger partial charge in [-0.3, -0.25) is 0 Å². The Morgan fingerprint density at radius 3 is 2.40 bits per heavy atom. The molecule has 0 spiro atoms. The number of aryl methyl sites for hydroxylation is 1. The van der Waals surface area contributed by atoms with Crippen molar-refractivity contribution in [2.24, 2.45) is 0 Å². The van der Waals surface area contributed by atoms with E-state index >= 15 is 0 Å². The molecule has 5 heteroatoms. The molecule has 2 aromatic rings. The minimum atomic E-state index is 0.797. The Kier molecular flexibility index (Phi) is 5.65. The van der Waals surface area contributed by atoms with Crippen LogP contribution in [0.15, 0.2) is 29.2 Å². The molecule has 1 aromatic carbocycles. The van der Waals surface area contributed by atoms with Gasteiger partial charge in [-0.15, -0.1) is 11.8 Å². The van der Waals surface area contributed by atoms with Gasteiger partial charge in [-0.2, -0.15) is 0 Å². The molecule has 20 heavy (non-hydrogen) atoms. The molecule has 0 radical (unpaired) electrons. The first-order valence-corrected chi connectivity index (χ1v) is 8.94. The molecule has 0 aliphatic heterocycles. The van der Waals surface area contributed by atoms with Gasteiger partial charge in [-0.25, -0.2) is 9.97 Å². The second-order valence-corrected chi connectivity index (χ2v) is 6.23. The largest absolute Gasteiger partial charge is 0.369 e. The van der Waals surface area contributed by atoms with Gasteiger partial charge in [-0.05, 0) is 54.3 Å². The van der Waals surface area contributed by atoms with E-state index in [1.807, 2.05) is 0 Å². The van der Waals surface area contributed by atoms with Gasteiger partial charge < -0.3 is 5.32 Å². The summed E-state index contributed by atoms with van der Waals surface area (Å²) in [6, 6.07) is 8.39. The maximum Gasteiger partial charge on any atom is 0.161 e. The lowest BCUT2D eigenvalue weighted by Crippen LogP contribution is -2.07. The van der Waals surface area contributed by atoms with E-state index in [1.54, 1.807) is 11.8 Å². The Hall–Kier alpha value is -0.820. The van der Waals surface area contributed by atoms with Crippen molar-refractivity contribution >= 4 is 40.2 Å². The SMILES string of the molecule is CCNc1nc(-c2ccc(SC)cc2)nc(CC)c1I. The normalized spacial score (nSPS) is 10.6. The number of hydrogen-bond acceptors (Lipinski definition) is 4. The lowest BCUT2D eigenvalue weighted by molar-refractivity contribution is 0.982. The summed E-state index contributed by atoms with van der Waals surface area (Å²) in [7, 11) is 0. The predicted octanol–water partition coefficient (Wildman–Crippen LogP) is 4.46. The van der Waals surface area contributed by atoms with E-state index in [0.717, 1.165) is 39.4 Å². The molecule has 0 saturated carbocycles. The topological polar surface area (TPSA) is 37.8 Å². The number of anilines is 1. The average Bonchev–Trinajstić information content (AvgIpc) is 2.49. The second-order valence-electron chi connectivity index (χ2n) is 4.27. The Morgan fingerprint density at radius 1 is 1.15 bits per heavy atom. The third-order valence-corrected chi connectivity index (χ3v) is 4.82. The first-order chi connectivity index (χ1) is 9.69. The number of rotatable bonds is 5. The van der Waals surface area contributed by atoms with Crippen LogP contribution < -0.4 is 5.32 Å². The molecule has 0 saturated heterocycles. The van der Waals surface area contributed by atoms with Crippen LogP contribution in [0.2, 0.25) is 0 Å². The van der Waals surface area contributed by atoms with Crippen LogP contribution in [0.4, 0.5) is 5.82 Å². The number of nitrogens with one attached hydrogen (secondary N) is 1. The van der Waals surface area contributed by atoms with Crippen molar-refractivity contribution in [1.82, 2.24) is 9.97 Å². The fourth-order valence-electron chi connectivity index (χ4n) is 1.88. The molecule has 0 amide bonds. The Morgan fingerprint density at radius 2 is 1.85 bits per heavy atom. The molecule has 0 bridgehead atoms. The van der Waals surface area contributed by atoms with Crippen LogP contribution in [0, 0.1) is 3.57 Å². The summed E-state index contributed by atoms with van der Waals surface area (Å²) in [6.45, 7) is 5.07. The van der Waals surface area contributed by atoms with Gasteiger partial charge in [0.05, 0.1) is 9.26 Å². The maximum absolute atomic E-state index is 4.69. The van der Waals surface area contributed by atoms with Gasteiger partial charge in [0.25, 0.3) is 0 Å². The molecule has 0 aliphatic rings. The van der Waals surface area contributed by atoms with Crippen LogP contribution in [0.3, 0.4) is 0 Å². The van der Waals surface area contributed by atoms with Gasteiger partial charge in [0.2, 0.25) is 0 Å². The van der Waals surface area contributed by atoms with Crippen molar-refractivity contribution < 1.29 is 0 Å². The van der Waals surface area contributed by atoms with E-state index in [4.69, 9.17) is 4.98 Å². The number of nitrogens with zero attached hydrogens (tertiary/aromatic N) is 2. The lowest BCUT2D eigenvalue weighted by Gasteiger charge is -2.11. The van der Waals surface area contributed by atoms with Gasteiger partial charge in [0.15, 0.2) is 5.82 Å². The average molecular weight is 399 g/mol. The van der Waals surface area contributed by atoms with Crippen LogP contribution >= 0.6 is 34.4 Å². The fourth-order valence-corrected chi connectivity index (χ4v) is 3.10. The van der Waals surface area contributed by atoms with E-state index in [-0.39, 0.29) is 0 Å². The van der Waals surface area contributed by atoms with Gasteiger partial charge >= 0.3 is 0 Å². The van der Waals surface area contributed by atoms with Crippen LogP contribution in [0.25, 0.3) is 11.4 Å². The smallest absolute Gasteiger partial charge is 0.161 e. The van der Waals surface area contributed by atoms with E-state index < -0.39 is 0 Å². The molecule has 0 aliphatic carbocycles. The summed E-state index contributed by atoms with van der Waals surface area (Å²) in [6.07, 6.45) is 2.99. The minimum absolute atomic E-state index is 0.797. The molecule has 3 nitrogen and oxygen atoms in total. The summed E-state index contributed by atoms with van der Waals surface area (Å²) in [4.78, 5) is 10.6. The number of aromatic nitrogens is 2. The molecule has 0 atom stereocenters. The molecular weight excluding hydrogens is 381 g/mol. The molecular formula is C15H18IN3S. The van der Waals surface area contributed by atoms with Crippen LogP contribution in [-0.2, 0) is 6.42 Å². The quantitative estimate of drug-likeness (QED) is 0.595. The molecule has 2 rings (SSSR count). The van der Waals surface area contributed by atoms with Gasteiger partial charge in [-0.1, -0.05) is 19.1 Å². The number of halogens is 1. The third-order valence-electron chi connectivity index (χ3n) is 2.95. The van der Waals surface area contributed by atoms with Crippen LogP contribution in [0.5, 0.6) is 0 Å². The molecule has 0 fully saturated rings. The maximum atomic E-state index is 4.69. The van der Waals surface area contributed by atoms with Crippen molar-refractivity contribution in [2.75, 3.05) is 18.1 Å². The molecule has 106 valence electrons. The van der Waals surface area contributed by atoms with Crippen LogP contribution in [-0.4, -0.2) is 22.8 Å². The summed E-state index contributed by atoms with van der Waals surface area (Å²) in [5.41, 5.74) is 2.16. The Bertz CT molecular complexity index is 584. The first kappa shape index (κ1) is 15.6. The minimum Gasteiger partial charge on any atom is -0.369 e. The second kappa shape index (κ2) is 7.26. The summed E-state index contributed by atoms with van der Waals surface area (Å²) in [5, 5.41) is 3.32. The highest BCUT2D eigenvalue weighted by atomic mass is 127. The highest BCUT2D eigenvalue weighted by Gasteiger charge is 2.11. The zero-order valence-corrected chi connectivity index (χ0v) is 14.9. The summed E-state index contributed by atoms with van der Waals surface area (Å²) in [5.74, 6) is 1.73. The van der Waals surface area contributed by atoms with E-state index in [2.05, 4.69) is 77.3 Å². The zero-order chi connectivity index (χ0) is 14.5. The molecule has 1 heterocycles. The highest BCUT2D eigenvalue weighted by molar-refractivity contribution is 14.1. The third kappa shape index (κ3) is 3.44. The van der Waals surface area contributed by atoms with Gasteiger partial charge in [0.1, 0.15) is 5.82 Å². The van der Waals surface area contributed by atoms with Gasteiger partial charge in [0, 0.05) is 17.0 Å². The highest BCUT2D eigenvalue weighted by Crippen LogP contribution is 2.25. The van der Waals surface area contributed by atoms with E-state index in [9.17, 15) is 0 Å². The Balaban J connectivity index is 2.46. The zero-order valence-electron chi connectivity index (χ0n) is 11.9. The summed E-state index contributed by atoms with van der Waals surface area (Å²) < 4.78 is 1.12. The first-order valence-electron chi connectivity index (χ1n) is 6.64.